The number of nitrogens with zero attached hydrogens (tertiary/aromatic N) is 4. The molecule has 738 valence electrons. The minimum Gasteiger partial charge on any atom is -0.456 e. The maximum atomic E-state index is 17.9. The monoisotopic (exact) mass is 1910 g/mol. The predicted molar refractivity (Wildman–Crippen MR) is 558 cm³/mol. The second-order valence-corrected chi connectivity index (χ2v) is 42.4. The topological polar surface area (TPSA) is 269 Å². The third-order valence-electron chi connectivity index (χ3n) is 30.2. The van der Waals surface area contributed by atoms with Gasteiger partial charge in [-0.15, -0.1) is 0 Å². The van der Waals surface area contributed by atoms with Crippen LogP contribution in [0.2, 0.25) is 0 Å². The molecular formula is C120H134N8O14. The van der Waals surface area contributed by atoms with Crippen molar-refractivity contribution in [3.63, 3.8) is 0 Å². The number of amides is 10. The average molecular weight is 1910 g/mol. The quantitative estimate of drug-likeness (QED) is 0.0141. The van der Waals surface area contributed by atoms with Crippen molar-refractivity contribution in [2.45, 2.75) is 305 Å². The summed E-state index contributed by atoms with van der Waals surface area (Å²) in [6.07, 6.45) is 8.44. The molecule has 2 aliphatic heterocycles. The Morgan fingerprint density at radius 3 is 0.782 bits per heavy atom. The van der Waals surface area contributed by atoms with E-state index in [2.05, 4.69) is 121 Å². The Kier molecular flexibility index (Phi) is 28.9. The molecule has 0 spiro atoms. The number of ether oxygens (including phenoxy) is 4. The normalized spacial score (nSPS) is 19.7. The van der Waals surface area contributed by atoms with Crippen LogP contribution in [0.1, 0.15) is 326 Å². The van der Waals surface area contributed by atoms with Crippen molar-refractivity contribution in [2.24, 2.45) is 5.92 Å². The minimum absolute atomic E-state index is 0.0358. The number of carbonyl (C=O) groups excluding carboxylic acids is 10. The largest absolute Gasteiger partial charge is 0.456 e. The first-order valence-electron chi connectivity index (χ1n) is 51.0. The van der Waals surface area contributed by atoms with Gasteiger partial charge in [0, 0.05) is 114 Å². The van der Waals surface area contributed by atoms with E-state index in [-0.39, 0.29) is 166 Å². The number of imide groups is 2. The molecule has 6 aliphatic rings. The zero-order valence-electron chi connectivity index (χ0n) is 85.1. The van der Waals surface area contributed by atoms with Crippen molar-refractivity contribution < 1.29 is 66.9 Å². The van der Waals surface area contributed by atoms with Crippen molar-refractivity contribution in [3.8, 4) is 46.0 Å². The molecule has 0 aromatic heterocycles. The van der Waals surface area contributed by atoms with Crippen LogP contribution in [0, 0.1) is 33.6 Å². The van der Waals surface area contributed by atoms with Crippen LogP contribution in [0.15, 0.2) is 194 Å². The molecule has 10 amide bonds. The van der Waals surface area contributed by atoms with Crippen LogP contribution < -0.4 is 40.2 Å². The number of hydrogen-bond acceptors (Lipinski definition) is 14. The molecule has 22 heteroatoms. The zero-order chi connectivity index (χ0) is 101. The number of aryl methyl sites for hydroxylation is 4. The highest BCUT2D eigenvalue weighted by Crippen LogP contribution is 2.60. The zero-order valence-corrected chi connectivity index (χ0v) is 85.1. The van der Waals surface area contributed by atoms with Crippen LogP contribution in [-0.2, 0) is 28.8 Å². The Balaban J connectivity index is 0.986. The van der Waals surface area contributed by atoms with Gasteiger partial charge in [0.15, 0.2) is 0 Å². The summed E-state index contributed by atoms with van der Waals surface area (Å²) in [4.78, 5) is 167. The van der Waals surface area contributed by atoms with E-state index in [1.54, 1.807) is 93.6 Å². The van der Waals surface area contributed by atoms with E-state index in [1.807, 2.05) is 112 Å². The summed E-state index contributed by atoms with van der Waals surface area (Å²) in [5.41, 5.74) is 8.42. The van der Waals surface area contributed by atoms with E-state index in [4.69, 9.17) is 18.9 Å². The third-order valence-corrected chi connectivity index (χ3v) is 30.2. The summed E-state index contributed by atoms with van der Waals surface area (Å²) in [6, 6.07) is 41.1. The first-order valence-corrected chi connectivity index (χ1v) is 51.0. The van der Waals surface area contributed by atoms with Gasteiger partial charge in [0.2, 0.25) is 23.6 Å². The number of benzene rings is 11. The smallest absolute Gasteiger partial charge is 0.262 e. The number of carbonyl (C=O) groups is 10. The fraction of sp³-hybridized carbons (Fsp3) is 0.400. The van der Waals surface area contributed by atoms with Crippen molar-refractivity contribution >= 4 is 102 Å². The SMILES string of the molecule is C=C(C)C(=O)NC1CCCC(N(C(=O)C(c2ccccc2)N2C(=O)c3cc(Oc4ccc(C(C)C)cc4C)c4c5c(Oc6ccc(C(C)C)cc6C)cc6c7c(cc(Oc8ccc(C(C)C)cc8C)c(c8c(Oc9ccc(C(C)C)cc9C)cc(c3c48)C2=O)c75)C(=O)N(C(C(=O)N(C2CCCC(NC(=O)C(=C)C)C2)C2CCCC(NC(=O)C(C)C)C2)c2ccccc2)C6=O)C2CCCC(NC(=O)C(=C)C)C2)C1. The molecule has 0 saturated heterocycles. The lowest BCUT2D eigenvalue weighted by Gasteiger charge is -2.47. The number of hydrogen-bond donors (Lipinski definition) is 4. The summed E-state index contributed by atoms with van der Waals surface area (Å²) in [5.74, 6) is -3.84. The Hall–Kier alpha value is -13.8. The van der Waals surface area contributed by atoms with Crippen LogP contribution in [0.5, 0.6) is 46.0 Å². The van der Waals surface area contributed by atoms with Crippen LogP contribution in [0.4, 0.5) is 0 Å². The van der Waals surface area contributed by atoms with E-state index < -0.39 is 71.7 Å². The van der Waals surface area contributed by atoms with Gasteiger partial charge in [-0.3, -0.25) is 57.7 Å². The second-order valence-electron chi connectivity index (χ2n) is 42.4. The van der Waals surface area contributed by atoms with Crippen LogP contribution >= 0.6 is 0 Å². The van der Waals surface area contributed by atoms with Crippen LogP contribution in [0.3, 0.4) is 0 Å². The van der Waals surface area contributed by atoms with E-state index in [9.17, 15) is 19.2 Å². The standard InChI is InChI=1S/C120H134N8O14/c1-63(2)77-43-47-93(71(17)51-77)139-97-59-89-101-90(116(134)127(115(89)133)109(75-31-23-21-24-32-75)119(137)125(85-39-27-35-81(55-85)121-111(129)67(9)10)86-40-28-36-82(56-86)122-112(130)68(11)12)61-99(141-95-49-45-79(65(5)6)53-73(95)19)105-106-100(142-96-50-46-80(66(7)8)54-74(96)20)62-92-102-91(60-98(104(108(102)106)103(97)107(101)105)140-94-48-44-78(64(3)4)52-72(94)18)117(135)128(118(92)136)110(76-33-25-22-26-34-76)120(138)126(87-41-29-37-83(57-87)123-113(131)69(13)14)88-42-30-38-84(58-88)124-114(132)70(15)16/h21-26,31-34,43-54,59-66,70,81-88,109-110H,9,11,13,27-30,35-42,55-58H2,1-8,10,12,14-20H3,(H,121,129)(H,122,130)(H,123,131)(H,124,132). The Labute approximate surface area is 833 Å². The van der Waals surface area contributed by atoms with Gasteiger partial charge in [-0.2, -0.15) is 0 Å². The first kappa shape index (κ1) is 99.8. The van der Waals surface area contributed by atoms with Gasteiger partial charge in [0.05, 0.1) is 22.3 Å². The molecule has 10 unspecified atom stereocenters. The molecule has 4 fully saturated rings. The lowest BCUT2D eigenvalue weighted by Crippen LogP contribution is -2.58. The minimum atomic E-state index is -1.68. The summed E-state index contributed by atoms with van der Waals surface area (Å²) in [7, 11) is 0. The molecule has 17 rings (SSSR count). The summed E-state index contributed by atoms with van der Waals surface area (Å²) >= 11 is 0. The van der Waals surface area contributed by atoms with Gasteiger partial charge < -0.3 is 50.0 Å². The third kappa shape index (κ3) is 19.6. The van der Waals surface area contributed by atoms with Crippen LogP contribution in [0.25, 0.3) is 43.1 Å². The van der Waals surface area contributed by atoms with Crippen molar-refractivity contribution in [1.29, 1.82) is 0 Å². The molecule has 4 N–H and O–H groups in total. The van der Waals surface area contributed by atoms with Gasteiger partial charge in [-0.05, 0) is 279 Å². The first-order chi connectivity index (χ1) is 67.8. The van der Waals surface area contributed by atoms with Gasteiger partial charge in [-0.1, -0.05) is 198 Å². The fourth-order valence-corrected chi connectivity index (χ4v) is 22.6. The summed E-state index contributed by atoms with van der Waals surface area (Å²) < 4.78 is 31.1. The molecular weight excluding hydrogens is 1780 g/mol. The maximum absolute atomic E-state index is 17.9. The van der Waals surface area contributed by atoms with Crippen molar-refractivity contribution in [2.75, 3.05) is 0 Å². The van der Waals surface area contributed by atoms with Gasteiger partial charge in [-0.25, -0.2) is 0 Å². The van der Waals surface area contributed by atoms with Crippen molar-refractivity contribution in [3.05, 3.63) is 272 Å². The second kappa shape index (κ2) is 41.1. The molecule has 142 heavy (non-hydrogen) atoms. The highest BCUT2D eigenvalue weighted by atomic mass is 16.5. The molecule has 4 aliphatic carbocycles. The molecule has 11 aromatic carbocycles. The Bertz CT molecular complexity index is 6390. The fourth-order valence-electron chi connectivity index (χ4n) is 22.6. The van der Waals surface area contributed by atoms with E-state index >= 15 is 28.8 Å². The summed E-state index contributed by atoms with van der Waals surface area (Å²) in [5, 5.41) is 14.7. The molecule has 11 aromatic rings. The molecule has 10 atom stereocenters. The lowest BCUT2D eigenvalue weighted by molar-refractivity contribution is -0.144. The van der Waals surface area contributed by atoms with E-state index in [0.29, 0.717) is 165 Å². The van der Waals surface area contributed by atoms with Crippen LogP contribution in [-0.4, -0.2) is 127 Å². The van der Waals surface area contributed by atoms with Gasteiger partial charge in [0.1, 0.15) is 58.1 Å². The predicted octanol–water partition coefficient (Wildman–Crippen LogP) is 25.1. The van der Waals surface area contributed by atoms with Gasteiger partial charge in [0.25, 0.3) is 35.4 Å². The summed E-state index contributed by atoms with van der Waals surface area (Å²) in [6.45, 7) is 45.2. The maximum Gasteiger partial charge on any atom is 0.262 e. The molecule has 22 nitrogen and oxygen atoms in total. The molecule has 2 heterocycles. The van der Waals surface area contributed by atoms with E-state index in [1.165, 1.54) is 0 Å². The Morgan fingerprint density at radius 2 is 0.556 bits per heavy atom. The number of nitrogens with one attached hydrogen (secondary N) is 4. The molecule has 4 saturated carbocycles. The Morgan fingerprint density at radius 1 is 0.310 bits per heavy atom. The highest BCUT2D eigenvalue weighted by molar-refractivity contribution is 6.45. The number of rotatable bonds is 30. The molecule has 0 bridgehead atoms. The van der Waals surface area contributed by atoms with Gasteiger partial charge >= 0.3 is 0 Å². The lowest BCUT2D eigenvalue weighted by atomic mass is 9.80. The van der Waals surface area contributed by atoms with E-state index in [0.717, 1.165) is 43.2 Å². The van der Waals surface area contributed by atoms with Crippen molar-refractivity contribution in [1.82, 2.24) is 40.9 Å². The number of fused-ring (bicyclic) bond motifs is 2. The highest BCUT2D eigenvalue weighted by Gasteiger charge is 2.52. The average Bonchev–Trinajstić information content (AvgIpc) is 0.667. The molecule has 0 radical (unpaired) electrons.